The summed E-state index contributed by atoms with van der Waals surface area (Å²) in [7, 11) is -1.53. The van der Waals surface area contributed by atoms with E-state index in [1.807, 2.05) is 0 Å². The number of ether oxygens (including phenoxy) is 1. The van der Waals surface area contributed by atoms with Crippen LogP contribution in [-0.2, 0) is 24.2 Å². The van der Waals surface area contributed by atoms with Crippen molar-refractivity contribution in [3.8, 4) is 0 Å². The fraction of sp³-hybridized carbons (Fsp3) is 0.231. The zero-order chi connectivity index (χ0) is 16.6. The second-order valence-corrected chi connectivity index (χ2v) is 5.70. The number of carbonyl (C=O) groups excluding carboxylic acids is 2. The van der Waals surface area contributed by atoms with E-state index in [-0.39, 0.29) is 40.0 Å². The monoisotopic (exact) mass is 338 g/mol. The van der Waals surface area contributed by atoms with E-state index in [1.165, 1.54) is 24.3 Å². The van der Waals surface area contributed by atoms with Gasteiger partial charge in [-0.3, -0.25) is 4.79 Å². The molecular weight excluding hydrogens is 323 g/mol. The molecule has 0 amide bonds. The van der Waals surface area contributed by atoms with Crippen LogP contribution in [0.25, 0.3) is 5.76 Å². The molecule has 0 aliphatic rings. The van der Waals surface area contributed by atoms with E-state index in [0.717, 1.165) is 20.5 Å². The average Bonchev–Trinajstić information content (AvgIpc) is 2.47. The third-order valence-electron chi connectivity index (χ3n) is 2.23. The van der Waals surface area contributed by atoms with Crippen LogP contribution < -0.4 is 34.7 Å². The number of esters is 1. The predicted molar refractivity (Wildman–Crippen MR) is 73.1 cm³/mol. The normalized spacial score (nSPS) is 10.6. The van der Waals surface area contributed by atoms with Crippen LogP contribution in [0.2, 0.25) is 0 Å². The smallest absolute Gasteiger partial charge is 0.857 e. The maximum atomic E-state index is 11.2. The molecule has 0 saturated carbocycles. The number of hydrogen-bond acceptors (Lipinski definition) is 7. The maximum absolute atomic E-state index is 11.2. The molecule has 7 nitrogen and oxygen atoms in total. The van der Waals surface area contributed by atoms with Crippen LogP contribution in [0.3, 0.4) is 0 Å². The molecule has 0 saturated heterocycles. The summed E-state index contributed by atoms with van der Waals surface area (Å²) in [6.45, 7) is 0. The first kappa shape index (κ1) is 23.1. The molecule has 0 unspecified atom stereocenters. The first-order valence-corrected chi connectivity index (χ1v) is 7.39. The maximum Gasteiger partial charge on any atom is 1.00 e. The van der Waals surface area contributed by atoms with Gasteiger partial charge in [-0.05, 0) is 24.3 Å². The molecule has 116 valence electrons. The summed E-state index contributed by atoms with van der Waals surface area (Å²) in [6, 6.07) is 5.23. The molecule has 0 radical (unpaired) electrons. The molecule has 0 aliphatic heterocycles. The minimum Gasteiger partial charge on any atom is -0.857 e. The molecule has 0 bridgehead atoms. The molecule has 1 aromatic carbocycles. The van der Waals surface area contributed by atoms with Gasteiger partial charge < -0.3 is 14.9 Å². The van der Waals surface area contributed by atoms with E-state index in [2.05, 4.69) is 4.74 Å². The standard InChI is InChI=1S/C12H12O6S.CH3O.Na/c1-18-12(15)11(14)7-10(13)8-3-5-9(6-4-8)19(2,16)17;1-2;/h3-7,13H,1-2H3;1H3;/q;-1;+1. The van der Waals surface area contributed by atoms with Crippen LogP contribution >= 0.6 is 0 Å². The Hall–Kier alpha value is -1.19. The van der Waals surface area contributed by atoms with Gasteiger partial charge in [-0.15, -0.1) is 0 Å². The second kappa shape index (κ2) is 10.5. The number of methoxy groups -OCH3 is 1. The van der Waals surface area contributed by atoms with Gasteiger partial charge in [-0.2, -0.15) is 7.11 Å². The third kappa shape index (κ3) is 7.19. The predicted octanol–water partition coefficient (Wildman–Crippen LogP) is -3.29. The largest absolute Gasteiger partial charge is 1.00 e. The fourth-order valence-electron chi connectivity index (χ4n) is 1.24. The molecule has 1 N–H and O–H groups in total. The number of aliphatic hydroxyl groups is 1. The molecular formula is C13H15NaO7S. The fourth-order valence-corrected chi connectivity index (χ4v) is 1.87. The van der Waals surface area contributed by atoms with Gasteiger partial charge in [-0.1, -0.05) is 0 Å². The van der Waals surface area contributed by atoms with Gasteiger partial charge in [0.2, 0.25) is 0 Å². The van der Waals surface area contributed by atoms with E-state index < -0.39 is 27.3 Å². The van der Waals surface area contributed by atoms with Crippen molar-refractivity contribution in [2.24, 2.45) is 0 Å². The van der Waals surface area contributed by atoms with E-state index in [4.69, 9.17) is 5.11 Å². The number of carbonyl (C=O) groups is 2. The minimum absolute atomic E-state index is 0. The summed E-state index contributed by atoms with van der Waals surface area (Å²) in [4.78, 5) is 22.1. The van der Waals surface area contributed by atoms with E-state index in [0.29, 0.717) is 6.08 Å². The molecule has 22 heavy (non-hydrogen) atoms. The van der Waals surface area contributed by atoms with Gasteiger partial charge in [-0.25, -0.2) is 13.2 Å². The van der Waals surface area contributed by atoms with E-state index >= 15 is 0 Å². The zero-order valence-corrected chi connectivity index (χ0v) is 15.5. The molecule has 1 aromatic rings. The number of rotatable bonds is 4. The molecule has 0 fully saturated rings. The number of aliphatic hydroxyl groups excluding tert-OH is 1. The van der Waals surface area contributed by atoms with Crippen LogP contribution in [0.15, 0.2) is 35.2 Å². The summed E-state index contributed by atoms with van der Waals surface area (Å²) in [5.74, 6) is -2.55. The van der Waals surface area contributed by atoms with Crippen molar-refractivity contribution in [3.05, 3.63) is 35.9 Å². The summed E-state index contributed by atoms with van der Waals surface area (Å²) < 4.78 is 26.6. The molecule has 1 rings (SSSR count). The van der Waals surface area contributed by atoms with Gasteiger partial charge in [0.25, 0.3) is 5.78 Å². The van der Waals surface area contributed by atoms with Crippen molar-refractivity contribution in [1.29, 1.82) is 0 Å². The van der Waals surface area contributed by atoms with Gasteiger partial charge in [0.1, 0.15) is 5.76 Å². The Labute approximate surface area is 150 Å². The molecule has 0 aliphatic carbocycles. The number of hydrogen-bond donors (Lipinski definition) is 1. The Kier molecular flexibility index (Phi) is 11.0. The van der Waals surface area contributed by atoms with Crippen molar-refractivity contribution in [2.45, 2.75) is 4.90 Å². The van der Waals surface area contributed by atoms with Crippen molar-refractivity contribution < 1.29 is 62.5 Å². The Morgan fingerprint density at radius 2 is 1.64 bits per heavy atom. The van der Waals surface area contributed by atoms with E-state index in [9.17, 15) is 23.1 Å². The molecule has 0 atom stereocenters. The Morgan fingerprint density at radius 3 is 2.00 bits per heavy atom. The van der Waals surface area contributed by atoms with Crippen molar-refractivity contribution in [1.82, 2.24) is 0 Å². The molecule has 0 heterocycles. The summed E-state index contributed by atoms with van der Waals surface area (Å²) >= 11 is 0. The quantitative estimate of drug-likeness (QED) is 0.201. The van der Waals surface area contributed by atoms with Crippen LogP contribution in [0.5, 0.6) is 0 Å². The summed E-state index contributed by atoms with van der Waals surface area (Å²) in [5, 5.41) is 17.9. The topological polar surface area (TPSA) is 121 Å². The summed E-state index contributed by atoms with van der Waals surface area (Å²) in [6.07, 6.45) is 1.76. The molecule has 0 aromatic heterocycles. The van der Waals surface area contributed by atoms with Gasteiger partial charge in [0.05, 0.1) is 12.0 Å². The van der Waals surface area contributed by atoms with Crippen molar-refractivity contribution in [2.75, 3.05) is 20.5 Å². The first-order chi connectivity index (χ1) is 9.75. The number of benzene rings is 1. The first-order valence-electron chi connectivity index (χ1n) is 5.50. The van der Waals surface area contributed by atoms with Gasteiger partial charge >= 0.3 is 35.5 Å². The SMILES string of the molecule is COC(=O)C(=O)C=C(O)c1ccc(S(C)(=O)=O)cc1.C[O-].[Na+]. The van der Waals surface area contributed by atoms with Crippen molar-refractivity contribution >= 4 is 27.3 Å². The Bertz CT molecular complexity index is 633. The van der Waals surface area contributed by atoms with Gasteiger partial charge in [0.15, 0.2) is 9.84 Å². The van der Waals surface area contributed by atoms with Crippen LogP contribution in [0.4, 0.5) is 0 Å². The zero-order valence-electron chi connectivity index (χ0n) is 12.7. The minimum atomic E-state index is -3.33. The van der Waals surface area contributed by atoms with Crippen molar-refractivity contribution in [3.63, 3.8) is 0 Å². The number of sulfone groups is 1. The van der Waals surface area contributed by atoms with Gasteiger partial charge in [0, 0.05) is 17.9 Å². The molecule has 0 spiro atoms. The molecule has 9 heteroatoms. The second-order valence-electron chi connectivity index (χ2n) is 3.68. The van der Waals surface area contributed by atoms with Crippen LogP contribution in [0.1, 0.15) is 5.56 Å². The number of ketones is 1. The van der Waals surface area contributed by atoms with E-state index in [1.54, 1.807) is 0 Å². The average molecular weight is 338 g/mol. The third-order valence-corrected chi connectivity index (χ3v) is 3.36. The Balaban J connectivity index is 0. The van der Waals surface area contributed by atoms with Crippen LogP contribution in [0, 0.1) is 0 Å². The van der Waals surface area contributed by atoms with Crippen LogP contribution in [-0.4, -0.2) is 45.8 Å². The Morgan fingerprint density at radius 1 is 1.18 bits per heavy atom. The summed E-state index contributed by atoms with van der Waals surface area (Å²) in [5.41, 5.74) is 0.213.